The quantitative estimate of drug-likeness (QED) is 0.427. The Balaban J connectivity index is 2.01. The number of methoxy groups -OCH3 is 1. The Morgan fingerprint density at radius 1 is 1.26 bits per heavy atom. The monoisotopic (exact) mass is 445 g/mol. The van der Waals surface area contributed by atoms with Gasteiger partial charge < -0.3 is 20.3 Å². The molecule has 0 radical (unpaired) electrons. The molecule has 2 atom stereocenters. The van der Waals surface area contributed by atoms with Crippen molar-refractivity contribution in [2.75, 3.05) is 20.7 Å². The van der Waals surface area contributed by atoms with Crippen LogP contribution in [-0.2, 0) is 17.8 Å². The molecule has 0 spiro atoms. The fourth-order valence-electron chi connectivity index (χ4n) is 2.81. The van der Waals surface area contributed by atoms with E-state index in [0.29, 0.717) is 18.7 Å². The van der Waals surface area contributed by atoms with Crippen LogP contribution >= 0.6 is 11.3 Å². The van der Waals surface area contributed by atoms with Gasteiger partial charge in [-0.05, 0) is 44.9 Å². The van der Waals surface area contributed by atoms with Gasteiger partial charge in [0.2, 0.25) is 0 Å². The van der Waals surface area contributed by atoms with Gasteiger partial charge in [0, 0.05) is 37.7 Å². The zero-order valence-corrected chi connectivity index (χ0v) is 20.3. The predicted molar refractivity (Wildman–Crippen MR) is 127 cm³/mol. The lowest BCUT2D eigenvalue weighted by Gasteiger charge is -2.21. The third kappa shape index (κ3) is 7.63. The van der Waals surface area contributed by atoms with Crippen molar-refractivity contribution in [2.45, 2.75) is 59.4 Å². The average molecular weight is 446 g/mol. The van der Waals surface area contributed by atoms with Crippen LogP contribution in [0.15, 0.2) is 34.6 Å². The minimum atomic E-state index is -0.0390. The van der Waals surface area contributed by atoms with Crippen LogP contribution in [0.1, 0.15) is 66.8 Å². The number of nitrogens with zero attached hydrogens (tertiary/aromatic N) is 3. The van der Waals surface area contributed by atoms with Gasteiger partial charge in [-0.2, -0.15) is 0 Å². The zero-order valence-electron chi connectivity index (χ0n) is 19.4. The van der Waals surface area contributed by atoms with Crippen LogP contribution in [-0.4, -0.2) is 48.5 Å². The van der Waals surface area contributed by atoms with Crippen molar-refractivity contribution in [2.24, 2.45) is 4.99 Å². The number of aromatic nitrogens is 1. The topological polar surface area (TPSA) is 78.9 Å². The summed E-state index contributed by atoms with van der Waals surface area (Å²) in [5.41, 5.74) is 2.71. The Hall–Kier alpha value is -2.45. The molecule has 1 aromatic heterocycles. The van der Waals surface area contributed by atoms with Gasteiger partial charge in [-0.15, -0.1) is 11.3 Å². The van der Waals surface area contributed by atoms with Crippen LogP contribution in [0.3, 0.4) is 0 Å². The summed E-state index contributed by atoms with van der Waals surface area (Å²) in [7, 11) is 3.70. The van der Waals surface area contributed by atoms with Gasteiger partial charge in [-0.25, -0.2) is 9.98 Å². The molecule has 0 bridgehead atoms. The van der Waals surface area contributed by atoms with E-state index in [0.717, 1.165) is 35.2 Å². The van der Waals surface area contributed by atoms with Crippen molar-refractivity contribution in [3.05, 3.63) is 51.5 Å². The van der Waals surface area contributed by atoms with Crippen LogP contribution in [0.25, 0.3) is 0 Å². The van der Waals surface area contributed by atoms with Crippen LogP contribution in [0.5, 0.6) is 0 Å². The van der Waals surface area contributed by atoms with Gasteiger partial charge in [0.25, 0.3) is 5.91 Å². The number of hydrogen-bond donors (Lipinski definition) is 2. The first kappa shape index (κ1) is 24.8. The lowest BCUT2D eigenvalue weighted by molar-refractivity contribution is 0.0939. The lowest BCUT2D eigenvalue weighted by Crippen LogP contribution is -2.38. The maximum absolute atomic E-state index is 12.2. The Labute approximate surface area is 189 Å². The molecule has 170 valence electrons. The third-order valence-electron chi connectivity index (χ3n) is 4.98. The van der Waals surface area contributed by atoms with Gasteiger partial charge in [0.15, 0.2) is 5.96 Å². The molecule has 0 aliphatic rings. The van der Waals surface area contributed by atoms with Crippen molar-refractivity contribution < 1.29 is 9.53 Å². The predicted octanol–water partition coefficient (Wildman–Crippen LogP) is 3.98. The summed E-state index contributed by atoms with van der Waals surface area (Å²) >= 11 is 1.61. The van der Waals surface area contributed by atoms with Gasteiger partial charge in [-0.1, -0.05) is 19.1 Å². The van der Waals surface area contributed by atoms with Gasteiger partial charge in [0.1, 0.15) is 11.1 Å². The molecule has 1 aromatic carbocycles. The summed E-state index contributed by atoms with van der Waals surface area (Å²) in [5.74, 6) is 0.776. The summed E-state index contributed by atoms with van der Waals surface area (Å²) in [6, 6.07) is 7.79. The van der Waals surface area contributed by atoms with E-state index in [1.54, 1.807) is 18.4 Å². The van der Waals surface area contributed by atoms with Gasteiger partial charge in [-0.3, -0.25) is 4.79 Å². The summed E-state index contributed by atoms with van der Waals surface area (Å²) in [6.07, 6.45) is 0.911. The van der Waals surface area contributed by atoms with Gasteiger partial charge in [0.05, 0.1) is 18.8 Å². The number of carbonyl (C=O) groups excluding carboxylic acids is 1. The molecule has 2 aromatic rings. The minimum absolute atomic E-state index is 0.00111. The van der Waals surface area contributed by atoms with Crippen LogP contribution in [0, 0.1) is 0 Å². The highest BCUT2D eigenvalue weighted by Gasteiger charge is 2.13. The summed E-state index contributed by atoms with van der Waals surface area (Å²) < 4.78 is 5.35. The maximum atomic E-state index is 12.2. The highest BCUT2D eigenvalue weighted by Crippen LogP contribution is 2.21. The fourth-order valence-corrected chi connectivity index (χ4v) is 3.65. The Morgan fingerprint density at radius 2 is 1.97 bits per heavy atom. The first-order valence-corrected chi connectivity index (χ1v) is 11.6. The molecule has 0 aliphatic carbocycles. The molecule has 0 fully saturated rings. The summed E-state index contributed by atoms with van der Waals surface area (Å²) in [6.45, 7) is 10.1. The van der Waals surface area contributed by atoms with Crippen LogP contribution < -0.4 is 10.6 Å². The molecule has 7 nitrogen and oxygen atoms in total. The van der Waals surface area contributed by atoms with Crippen LogP contribution in [0.4, 0.5) is 0 Å². The summed E-state index contributed by atoms with van der Waals surface area (Å²) in [5, 5.41) is 9.36. The Morgan fingerprint density at radius 3 is 2.58 bits per heavy atom. The average Bonchev–Trinajstić information content (AvgIpc) is 3.24. The molecular weight excluding hydrogens is 410 g/mol. The van der Waals surface area contributed by atoms with Gasteiger partial charge >= 0.3 is 0 Å². The Kier molecular flexibility index (Phi) is 9.94. The van der Waals surface area contributed by atoms with E-state index >= 15 is 0 Å². The molecule has 1 amide bonds. The van der Waals surface area contributed by atoms with Crippen molar-refractivity contribution in [3.63, 3.8) is 0 Å². The molecule has 8 heteroatoms. The number of guanidine groups is 1. The fraction of sp³-hybridized carbons (Fsp3) is 0.522. The van der Waals surface area contributed by atoms with E-state index in [1.165, 1.54) is 0 Å². The molecule has 0 saturated heterocycles. The lowest BCUT2D eigenvalue weighted by atomic mass is 10.1. The number of rotatable bonds is 10. The minimum Gasteiger partial charge on any atom is -0.375 e. The smallest absolute Gasteiger partial charge is 0.251 e. The number of ether oxygens (including phenoxy) is 1. The van der Waals surface area contributed by atoms with E-state index in [1.807, 2.05) is 45.2 Å². The number of aliphatic imine (C=N–C) groups is 1. The number of benzene rings is 1. The number of carbonyl (C=O) groups is 1. The highest BCUT2D eigenvalue weighted by atomic mass is 32.1. The molecule has 31 heavy (non-hydrogen) atoms. The third-order valence-corrected chi connectivity index (χ3v) is 6.04. The first-order chi connectivity index (χ1) is 14.9. The molecule has 0 aliphatic heterocycles. The van der Waals surface area contributed by atoms with E-state index in [9.17, 15) is 4.79 Å². The molecule has 0 saturated carbocycles. The maximum Gasteiger partial charge on any atom is 0.251 e. The second kappa shape index (κ2) is 12.4. The normalized spacial score (nSPS) is 13.5. The first-order valence-electron chi connectivity index (χ1n) is 10.7. The van der Waals surface area contributed by atoms with E-state index in [-0.39, 0.29) is 18.1 Å². The van der Waals surface area contributed by atoms with Crippen molar-refractivity contribution in [1.29, 1.82) is 0 Å². The molecule has 2 rings (SSSR count). The molecular formula is C23H35N5O2S. The Bertz CT molecular complexity index is 850. The molecule has 2 N–H and O–H groups in total. The number of nitrogens with one attached hydrogen (secondary N) is 2. The van der Waals surface area contributed by atoms with Crippen LogP contribution in [0.2, 0.25) is 0 Å². The zero-order chi connectivity index (χ0) is 22.8. The molecule has 1 heterocycles. The van der Waals surface area contributed by atoms with E-state index < -0.39 is 0 Å². The second-order valence-electron chi connectivity index (χ2n) is 7.56. The highest BCUT2D eigenvalue weighted by molar-refractivity contribution is 7.09. The van der Waals surface area contributed by atoms with E-state index in [4.69, 9.17) is 9.73 Å². The number of hydrogen-bond acceptors (Lipinski definition) is 5. The SMILES string of the molecule is CCNC(=NCc1ccc(C(=O)NC(C)CC)cc1)N(C)Cc1csc(C(C)OC)n1. The standard InChI is InChI=1S/C23H35N5O2S/c1-7-16(3)26-21(29)19-11-9-18(10-12-19)13-25-23(24-8-2)28(5)14-20-15-31-22(27-20)17(4)30-6/h9-12,15-17H,7-8,13-14H2,1-6H3,(H,24,25)(H,26,29). The number of amides is 1. The largest absolute Gasteiger partial charge is 0.375 e. The van der Waals surface area contributed by atoms with Crippen molar-refractivity contribution in [1.82, 2.24) is 20.5 Å². The van der Waals surface area contributed by atoms with E-state index in [2.05, 4.69) is 39.7 Å². The molecule has 2 unspecified atom stereocenters. The van der Waals surface area contributed by atoms with Crippen molar-refractivity contribution >= 4 is 23.2 Å². The number of thiazole rings is 1. The second-order valence-corrected chi connectivity index (χ2v) is 8.45. The van der Waals surface area contributed by atoms with Crippen molar-refractivity contribution in [3.8, 4) is 0 Å². The summed E-state index contributed by atoms with van der Waals surface area (Å²) in [4.78, 5) is 23.7.